The van der Waals surface area contributed by atoms with Crippen molar-refractivity contribution in [3.8, 4) is 5.75 Å². The molecule has 132 valence electrons. The normalized spacial score (nSPS) is 14.9. The molecule has 1 fully saturated rings. The van der Waals surface area contributed by atoms with E-state index in [9.17, 15) is 9.59 Å². The summed E-state index contributed by atoms with van der Waals surface area (Å²) in [6.45, 7) is 3.03. The van der Waals surface area contributed by atoms with Crippen LogP contribution in [0.1, 0.15) is 44.6 Å². The van der Waals surface area contributed by atoms with E-state index in [0.29, 0.717) is 19.6 Å². The Balaban J connectivity index is 1.85. The molecule has 0 spiro atoms. The van der Waals surface area contributed by atoms with Crippen molar-refractivity contribution >= 4 is 11.8 Å². The van der Waals surface area contributed by atoms with Gasteiger partial charge < -0.3 is 15.0 Å². The maximum Gasteiger partial charge on any atom is 0.223 e. The molecule has 0 aromatic heterocycles. The van der Waals surface area contributed by atoms with Gasteiger partial charge in [0, 0.05) is 38.0 Å². The smallest absolute Gasteiger partial charge is 0.223 e. The van der Waals surface area contributed by atoms with Crippen LogP contribution in [0, 0.1) is 5.92 Å². The molecule has 0 radical (unpaired) electrons. The van der Waals surface area contributed by atoms with Crippen molar-refractivity contribution in [2.24, 2.45) is 5.92 Å². The zero-order chi connectivity index (χ0) is 17.4. The summed E-state index contributed by atoms with van der Waals surface area (Å²) in [4.78, 5) is 25.8. The van der Waals surface area contributed by atoms with E-state index in [0.717, 1.165) is 37.0 Å². The molecule has 1 N–H and O–H groups in total. The van der Waals surface area contributed by atoms with Crippen molar-refractivity contribution in [2.45, 2.75) is 45.6 Å². The minimum Gasteiger partial charge on any atom is -0.496 e. The Morgan fingerprint density at radius 3 is 2.58 bits per heavy atom. The van der Waals surface area contributed by atoms with Gasteiger partial charge in [-0.05, 0) is 18.9 Å². The van der Waals surface area contributed by atoms with E-state index in [1.165, 1.54) is 6.42 Å². The van der Waals surface area contributed by atoms with Crippen LogP contribution >= 0.6 is 0 Å². The number of ether oxygens (including phenoxy) is 1. The van der Waals surface area contributed by atoms with Crippen molar-refractivity contribution in [1.29, 1.82) is 0 Å². The largest absolute Gasteiger partial charge is 0.496 e. The molecule has 5 heteroatoms. The Labute approximate surface area is 144 Å². The molecule has 1 aliphatic rings. The highest BCUT2D eigenvalue weighted by Crippen LogP contribution is 2.23. The zero-order valence-corrected chi connectivity index (χ0v) is 14.7. The van der Waals surface area contributed by atoms with Gasteiger partial charge in [0.05, 0.1) is 7.11 Å². The first-order valence-electron chi connectivity index (χ1n) is 8.77. The lowest BCUT2D eigenvalue weighted by Gasteiger charge is -2.24. The van der Waals surface area contributed by atoms with Gasteiger partial charge in [-0.25, -0.2) is 0 Å². The van der Waals surface area contributed by atoms with Crippen LogP contribution in [0.25, 0.3) is 0 Å². The summed E-state index contributed by atoms with van der Waals surface area (Å²) < 4.78 is 5.34. The number of rotatable bonds is 7. The second-order valence-corrected chi connectivity index (χ2v) is 6.38. The molecule has 2 rings (SSSR count). The van der Waals surface area contributed by atoms with Crippen LogP contribution in [0.2, 0.25) is 0 Å². The van der Waals surface area contributed by atoms with Gasteiger partial charge in [0.2, 0.25) is 11.8 Å². The van der Waals surface area contributed by atoms with Gasteiger partial charge in [0.15, 0.2) is 0 Å². The predicted molar refractivity (Wildman–Crippen MR) is 93.7 cm³/mol. The fourth-order valence-corrected chi connectivity index (χ4v) is 3.21. The Bertz CT molecular complexity index is 553. The molecule has 0 heterocycles. The monoisotopic (exact) mass is 332 g/mol. The second-order valence-electron chi connectivity index (χ2n) is 6.38. The topological polar surface area (TPSA) is 58.6 Å². The number of amides is 2. The van der Waals surface area contributed by atoms with Crippen LogP contribution in [0.15, 0.2) is 24.3 Å². The third kappa shape index (κ3) is 5.25. The van der Waals surface area contributed by atoms with Gasteiger partial charge in [0.25, 0.3) is 0 Å². The summed E-state index contributed by atoms with van der Waals surface area (Å²) in [6.07, 6.45) is 5.50. The summed E-state index contributed by atoms with van der Waals surface area (Å²) in [5.74, 6) is 1.05. The van der Waals surface area contributed by atoms with E-state index in [4.69, 9.17) is 4.74 Å². The summed E-state index contributed by atoms with van der Waals surface area (Å²) in [5.41, 5.74) is 0.966. The highest BCUT2D eigenvalue weighted by molar-refractivity contribution is 5.78. The maximum absolute atomic E-state index is 12.2. The van der Waals surface area contributed by atoms with E-state index < -0.39 is 0 Å². The number of benzene rings is 1. The van der Waals surface area contributed by atoms with Gasteiger partial charge in [-0.15, -0.1) is 0 Å². The lowest BCUT2D eigenvalue weighted by molar-refractivity contribution is -0.130. The van der Waals surface area contributed by atoms with Crippen LogP contribution in [-0.4, -0.2) is 36.9 Å². The molecule has 1 aromatic carbocycles. The van der Waals surface area contributed by atoms with Crippen molar-refractivity contribution in [3.63, 3.8) is 0 Å². The van der Waals surface area contributed by atoms with Crippen LogP contribution in [0.5, 0.6) is 5.75 Å². The van der Waals surface area contributed by atoms with Gasteiger partial charge in [-0.1, -0.05) is 37.5 Å². The van der Waals surface area contributed by atoms with Gasteiger partial charge in [0.1, 0.15) is 5.75 Å². The lowest BCUT2D eigenvalue weighted by atomic mass is 9.89. The number of carbonyl (C=O) groups excluding carboxylic acids is 2. The Morgan fingerprint density at radius 1 is 1.21 bits per heavy atom. The SMILES string of the molecule is COc1ccccc1CN(CCNC(=O)C1CCCCC1)C(C)=O. The number of hydrogen-bond acceptors (Lipinski definition) is 3. The summed E-state index contributed by atoms with van der Waals surface area (Å²) in [7, 11) is 1.63. The molecule has 2 amide bonds. The quantitative estimate of drug-likeness (QED) is 0.835. The Kier molecular flexibility index (Phi) is 7.09. The van der Waals surface area contributed by atoms with Crippen molar-refractivity contribution in [1.82, 2.24) is 10.2 Å². The van der Waals surface area contributed by atoms with E-state index >= 15 is 0 Å². The van der Waals surface area contributed by atoms with Crippen LogP contribution in [0.4, 0.5) is 0 Å². The number of nitrogens with zero attached hydrogens (tertiary/aromatic N) is 1. The number of methoxy groups -OCH3 is 1. The molecule has 1 saturated carbocycles. The third-order valence-electron chi connectivity index (χ3n) is 4.66. The van der Waals surface area contributed by atoms with Crippen molar-refractivity contribution < 1.29 is 14.3 Å². The zero-order valence-electron chi connectivity index (χ0n) is 14.7. The molecule has 1 aliphatic carbocycles. The standard InChI is InChI=1S/C19H28N2O3/c1-15(22)21(14-17-10-6-7-11-18(17)24-2)13-12-20-19(23)16-8-4-3-5-9-16/h6-7,10-11,16H,3-5,8-9,12-14H2,1-2H3,(H,20,23). The van der Waals surface area contributed by atoms with Crippen LogP contribution in [-0.2, 0) is 16.1 Å². The third-order valence-corrected chi connectivity index (χ3v) is 4.66. The highest BCUT2D eigenvalue weighted by Gasteiger charge is 2.21. The first kappa shape index (κ1) is 18.3. The van der Waals surface area contributed by atoms with Gasteiger partial charge in [-0.2, -0.15) is 0 Å². The van der Waals surface area contributed by atoms with Crippen LogP contribution in [0.3, 0.4) is 0 Å². The molecule has 0 saturated heterocycles. The first-order chi connectivity index (χ1) is 11.6. The van der Waals surface area contributed by atoms with Gasteiger partial charge >= 0.3 is 0 Å². The minimum atomic E-state index is -0.00665. The highest BCUT2D eigenvalue weighted by atomic mass is 16.5. The fraction of sp³-hybridized carbons (Fsp3) is 0.579. The van der Waals surface area contributed by atoms with E-state index in [1.54, 1.807) is 18.9 Å². The summed E-state index contributed by atoms with van der Waals surface area (Å²) in [5, 5.41) is 2.99. The number of para-hydroxylation sites is 1. The van der Waals surface area contributed by atoms with E-state index in [2.05, 4.69) is 5.32 Å². The van der Waals surface area contributed by atoms with Crippen molar-refractivity contribution in [3.05, 3.63) is 29.8 Å². The number of hydrogen-bond donors (Lipinski definition) is 1. The minimum absolute atomic E-state index is 0.00665. The Morgan fingerprint density at radius 2 is 1.92 bits per heavy atom. The molecule has 5 nitrogen and oxygen atoms in total. The molecule has 1 aromatic rings. The first-order valence-corrected chi connectivity index (χ1v) is 8.77. The molecule has 0 bridgehead atoms. The number of carbonyl (C=O) groups is 2. The second kappa shape index (κ2) is 9.30. The molecule has 0 unspecified atom stereocenters. The molecular formula is C19H28N2O3. The number of nitrogens with one attached hydrogen (secondary N) is 1. The summed E-state index contributed by atoms with van der Waals surface area (Å²) in [6, 6.07) is 7.68. The molecule has 0 atom stereocenters. The van der Waals surface area contributed by atoms with E-state index in [-0.39, 0.29) is 17.7 Å². The van der Waals surface area contributed by atoms with E-state index in [1.807, 2.05) is 24.3 Å². The summed E-state index contributed by atoms with van der Waals surface area (Å²) >= 11 is 0. The molecule has 0 aliphatic heterocycles. The lowest BCUT2D eigenvalue weighted by Crippen LogP contribution is -2.39. The van der Waals surface area contributed by atoms with Gasteiger partial charge in [-0.3, -0.25) is 9.59 Å². The average molecular weight is 332 g/mol. The Hall–Kier alpha value is -2.04. The molecule has 24 heavy (non-hydrogen) atoms. The van der Waals surface area contributed by atoms with Crippen molar-refractivity contribution in [2.75, 3.05) is 20.2 Å². The fourth-order valence-electron chi connectivity index (χ4n) is 3.21. The molecular weight excluding hydrogens is 304 g/mol. The average Bonchev–Trinajstić information content (AvgIpc) is 2.61. The predicted octanol–water partition coefficient (Wildman–Crippen LogP) is 2.74. The maximum atomic E-state index is 12.2. The van der Waals surface area contributed by atoms with Crippen LogP contribution < -0.4 is 10.1 Å².